The third kappa shape index (κ3) is 4.00. The molecular weight excluding hydrogens is 581 g/mol. The molecule has 0 aliphatic heterocycles. The summed E-state index contributed by atoms with van der Waals surface area (Å²) >= 11 is 0. The van der Waals surface area contributed by atoms with Gasteiger partial charge in [-0.3, -0.25) is 0 Å². The van der Waals surface area contributed by atoms with Crippen LogP contribution in [0.15, 0.2) is 182 Å². The Kier molecular flexibility index (Phi) is 5.91. The van der Waals surface area contributed by atoms with Gasteiger partial charge in [-0.25, -0.2) is 0 Å². The van der Waals surface area contributed by atoms with Crippen molar-refractivity contribution in [3.05, 3.63) is 182 Å². The van der Waals surface area contributed by atoms with Crippen LogP contribution in [0.2, 0.25) is 0 Å². The van der Waals surface area contributed by atoms with Crippen LogP contribution in [0.5, 0.6) is 0 Å². The lowest BCUT2D eigenvalue weighted by atomic mass is 9.96. The predicted octanol–water partition coefficient (Wildman–Crippen LogP) is 12.4. The SMILES string of the molecule is c1ccc(-n2c3ccccc3c3c4c5ccccc5n(-c5ccc(-c6ccc(-c7cccc8ccccc78)cc6)cc5)c4ccc32)cc1. The number of hydrogen-bond donors (Lipinski definition) is 0. The highest BCUT2D eigenvalue weighted by Gasteiger charge is 2.20. The molecule has 0 amide bonds. The Hall–Kier alpha value is -6.38. The van der Waals surface area contributed by atoms with Crippen LogP contribution in [0.1, 0.15) is 0 Å². The predicted molar refractivity (Wildman–Crippen MR) is 203 cm³/mol. The van der Waals surface area contributed by atoms with Gasteiger partial charge in [0.25, 0.3) is 0 Å². The van der Waals surface area contributed by atoms with E-state index in [1.165, 1.54) is 82.3 Å². The average Bonchev–Trinajstić information content (AvgIpc) is 3.68. The lowest BCUT2D eigenvalue weighted by molar-refractivity contribution is 1.17. The van der Waals surface area contributed by atoms with E-state index in [0.29, 0.717) is 0 Å². The minimum absolute atomic E-state index is 1.16. The monoisotopic (exact) mass is 610 g/mol. The van der Waals surface area contributed by atoms with Gasteiger partial charge in [0, 0.05) is 32.9 Å². The maximum Gasteiger partial charge on any atom is 0.0548 e. The second-order valence-corrected chi connectivity index (χ2v) is 12.5. The second-order valence-electron chi connectivity index (χ2n) is 12.5. The summed E-state index contributed by atoms with van der Waals surface area (Å²) in [6, 6.07) is 66.1. The molecule has 10 rings (SSSR count). The Morgan fingerprint density at radius 1 is 0.271 bits per heavy atom. The molecule has 0 saturated carbocycles. The van der Waals surface area contributed by atoms with Crippen molar-refractivity contribution in [3.8, 4) is 33.6 Å². The van der Waals surface area contributed by atoms with Crippen molar-refractivity contribution in [2.45, 2.75) is 0 Å². The van der Waals surface area contributed by atoms with E-state index >= 15 is 0 Å². The van der Waals surface area contributed by atoms with Gasteiger partial charge in [-0.15, -0.1) is 0 Å². The molecule has 0 saturated heterocycles. The molecule has 0 aliphatic rings. The third-order valence-corrected chi connectivity index (χ3v) is 9.93. The number of nitrogens with zero attached hydrogens (tertiary/aromatic N) is 2. The molecule has 0 aliphatic carbocycles. The normalized spacial score (nSPS) is 11.8. The van der Waals surface area contributed by atoms with Gasteiger partial charge in [0.05, 0.1) is 22.1 Å². The van der Waals surface area contributed by atoms with Crippen molar-refractivity contribution < 1.29 is 0 Å². The quantitative estimate of drug-likeness (QED) is 0.188. The van der Waals surface area contributed by atoms with Gasteiger partial charge in [0.15, 0.2) is 0 Å². The van der Waals surface area contributed by atoms with Crippen LogP contribution in [0.4, 0.5) is 0 Å². The number of benzene rings is 8. The minimum Gasteiger partial charge on any atom is -0.309 e. The first kappa shape index (κ1) is 26.8. The number of para-hydroxylation sites is 3. The van der Waals surface area contributed by atoms with Gasteiger partial charge in [-0.2, -0.15) is 0 Å². The summed E-state index contributed by atoms with van der Waals surface area (Å²) in [6.07, 6.45) is 0. The van der Waals surface area contributed by atoms with Crippen molar-refractivity contribution >= 4 is 54.4 Å². The standard InChI is InChI=1S/C46H30N2/c1-2-13-35(14-3-1)47-41-19-8-6-16-39(41)45-43(47)29-30-44-46(45)40-17-7-9-20-42(40)48(44)36-27-25-32(26-28-36)31-21-23-34(24-22-31)38-18-10-12-33-11-4-5-15-37(33)38/h1-30H. The molecule has 0 fully saturated rings. The highest BCUT2D eigenvalue weighted by Crippen LogP contribution is 2.42. The van der Waals surface area contributed by atoms with Crippen LogP contribution in [0, 0.1) is 0 Å². The first-order valence-corrected chi connectivity index (χ1v) is 16.5. The molecule has 8 aromatic carbocycles. The lowest BCUT2D eigenvalue weighted by Crippen LogP contribution is -1.94. The molecule has 0 N–H and O–H groups in total. The van der Waals surface area contributed by atoms with E-state index in [4.69, 9.17) is 0 Å². The Morgan fingerprint density at radius 3 is 1.35 bits per heavy atom. The van der Waals surface area contributed by atoms with Gasteiger partial charge in [-0.1, -0.05) is 133 Å². The highest BCUT2D eigenvalue weighted by molar-refractivity contribution is 6.28. The topological polar surface area (TPSA) is 9.86 Å². The zero-order valence-corrected chi connectivity index (χ0v) is 26.2. The van der Waals surface area contributed by atoms with Gasteiger partial charge >= 0.3 is 0 Å². The van der Waals surface area contributed by atoms with Crippen molar-refractivity contribution in [2.75, 3.05) is 0 Å². The molecule has 10 aromatic rings. The summed E-state index contributed by atoms with van der Waals surface area (Å²) in [5.74, 6) is 0. The zero-order chi connectivity index (χ0) is 31.6. The van der Waals surface area contributed by atoms with E-state index in [1.807, 2.05) is 0 Å². The van der Waals surface area contributed by atoms with E-state index in [9.17, 15) is 0 Å². The van der Waals surface area contributed by atoms with Crippen LogP contribution in [0.3, 0.4) is 0 Å². The summed E-state index contributed by atoms with van der Waals surface area (Å²) in [6.45, 7) is 0. The summed E-state index contributed by atoms with van der Waals surface area (Å²) < 4.78 is 4.82. The number of aromatic nitrogens is 2. The first-order valence-electron chi connectivity index (χ1n) is 16.5. The van der Waals surface area contributed by atoms with E-state index in [1.54, 1.807) is 0 Å². The summed E-state index contributed by atoms with van der Waals surface area (Å²) in [5.41, 5.74) is 12.1. The minimum atomic E-state index is 1.16. The fourth-order valence-electron chi connectivity index (χ4n) is 7.77. The molecule has 0 unspecified atom stereocenters. The van der Waals surface area contributed by atoms with E-state index in [0.717, 1.165) is 5.69 Å². The van der Waals surface area contributed by atoms with Gasteiger partial charge < -0.3 is 9.13 Å². The maximum absolute atomic E-state index is 2.42. The molecule has 2 aromatic heterocycles. The molecule has 2 nitrogen and oxygen atoms in total. The van der Waals surface area contributed by atoms with Crippen molar-refractivity contribution in [1.29, 1.82) is 0 Å². The summed E-state index contributed by atoms with van der Waals surface area (Å²) in [7, 11) is 0. The first-order chi connectivity index (χ1) is 23.8. The van der Waals surface area contributed by atoms with Crippen LogP contribution in [-0.2, 0) is 0 Å². The molecule has 2 heterocycles. The smallest absolute Gasteiger partial charge is 0.0548 e. The molecule has 2 heteroatoms. The van der Waals surface area contributed by atoms with Crippen LogP contribution >= 0.6 is 0 Å². The molecule has 0 atom stereocenters. The number of rotatable bonds is 4. The second kappa shape index (κ2) is 10.6. The van der Waals surface area contributed by atoms with E-state index in [2.05, 4.69) is 191 Å². The molecule has 0 radical (unpaired) electrons. The molecular formula is C46H30N2. The zero-order valence-electron chi connectivity index (χ0n) is 26.2. The van der Waals surface area contributed by atoms with Crippen molar-refractivity contribution in [1.82, 2.24) is 9.13 Å². The average molecular weight is 611 g/mol. The Bertz CT molecular complexity index is 2790. The lowest BCUT2D eigenvalue weighted by Gasteiger charge is -2.11. The Labute approximate surface area is 278 Å². The van der Waals surface area contributed by atoms with E-state index in [-0.39, 0.29) is 0 Å². The van der Waals surface area contributed by atoms with Crippen molar-refractivity contribution in [3.63, 3.8) is 0 Å². The van der Waals surface area contributed by atoms with Crippen LogP contribution in [0.25, 0.3) is 88.0 Å². The van der Waals surface area contributed by atoms with Gasteiger partial charge in [-0.05, 0) is 81.6 Å². The Morgan fingerprint density at radius 2 is 0.729 bits per heavy atom. The van der Waals surface area contributed by atoms with Crippen molar-refractivity contribution in [2.24, 2.45) is 0 Å². The summed E-state index contributed by atoms with van der Waals surface area (Å²) in [5, 5.41) is 7.67. The van der Waals surface area contributed by atoms with Crippen LogP contribution in [-0.4, -0.2) is 9.13 Å². The molecule has 0 bridgehead atoms. The summed E-state index contributed by atoms with van der Waals surface area (Å²) in [4.78, 5) is 0. The van der Waals surface area contributed by atoms with Gasteiger partial charge in [0.2, 0.25) is 0 Å². The maximum atomic E-state index is 2.42. The third-order valence-electron chi connectivity index (χ3n) is 9.93. The van der Waals surface area contributed by atoms with Crippen LogP contribution < -0.4 is 0 Å². The molecule has 0 spiro atoms. The number of hydrogen-bond acceptors (Lipinski definition) is 0. The van der Waals surface area contributed by atoms with E-state index < -0.39 is 0 Å². The van der Waals surface area contributed by atoms with Gasteiger partial charge in [0.1, 0.15) is 0 Å². The highest BCUT2D eigenvalue weighted by atomic mass is 15.0. The molecule has 48 heavy (non-hydrogen) atoms. The largest absolute Gasteiger partial charge is 0.309 e. The fourth-order valence-corrected chi connectivity index (χ4v) is 7.77. The molecule has 224 valence electrons. The number of fused-ring (bicyclic) bond motifs is 8. The fraction of sp³-hybridized carbons (Fsp3) is 0. The Balaban J connectivity index is 1.11.